The Labute approximate surface area is 142 Å². The van der Waals surface area contributed by atoms with Crippen molar-refractivity contribution < 1.29 is 9.21 Å². The van der Waals surface area contributed by atoms with Gasteiger partial charge in [0.15, 0.2) is 0 Å². The molecule has 4 aromatic rings. The van der Waals surface area contributed by atoms with Crippen LogP contribution in [0.15, 0.2) is 70.1 Å². The molecule has 124 valence electrons. The van der Waals surface area contributed by atoms with Crippen LogP contribution in [0.2, 0.25) is 0 Å². The Morgan fingerprint density at radius 3 is 2.88 bits per heavy atom. The van der Waals surface area contributed by atoms with E-state index in [9.17, 15) is 9.59 Å². The number of rotatable bonds is 4. The number of hydrogen-bond donors (Lipinski definition) is 1. The number of benzene rings is 1. The fourth-order valence-electron chi connectivity index (χ4n) is 2.73. The number of imidazole rings is 1. The van der Waals surface area contributed by atoms with Gasteiger partial charge in [0.25, 0.3) is 5.91 Å². The number of fused-ring (bicyclic) bond motifs is 2. The van der Waals surface area contributed by atoms with Gasteiger partial charge in [0.1, 0.15) is 16.8 Å². The van der Waals surface area contributed by atoms with E-state index in [1.807, 2.05) is 41.1 Å². The minimum absolute atomic E-state index is 0.00806. The summed E-state index contributed by atoms with van der Waals surface area (Å²) in [6.45, 7) is 0.384. The van der Waals surface area contributed by atoms with E-state index in [0.29, 0.717) is 23.9 Å². The molecule has 0 radical (unpaired) electrons. The van der Waals surface area contributed by atoms with Gasteiger partial charge in [-0.3, -0.25) is 4.79 Å². The van der Waals surface area contributed by atoms with Crippen molar-refractivity contribution in [2.75, 3.05) is 6.54 Å². The fraction of sp³-hybridized carbons (Fsp3) is 0.105. The van der Waals surface area contributed by atoms with E-state index in [-0.39, 0.29) is 5.56 Å². The number of carbonyl (C=O) groups excluding carboxylic acids is 1. The zero-order chi connectivity index (χ0) is 17.2. The van der Waals surface area contributed by atoms with Gasteiger partial charge in [-0.1, -0.05) is 24.3 Å². The number of nitrogens with zero attached hydrogens (tertiary/aromatic N) is 2. The fourth-order valence-corrected chi connectivity index (χ4v) is 2.73. The predicted octanol–water partition coefficient (Wildman–Crippen LogP) is 2.41. The van der Waals surface area contributed by atoms with Crippen LogP contribution in [0.3, 0.4) is 0 Å². The minimum atomic E-state index is -0.635. The number of nitrogens with one attached hydrogen (secondary N) is 1. The van der Waals surface area contributed by atoms with E-state index in [1.54, 1.807) is 24.3 Å². The summed E-state index contributed by atoms with van der Waals surface area (Å²) in [4.78, 5) is 28.7. The Bertz CT molecular complexity index is 1090. The molecule has 0 fully saturated rings. The molecule has 3 aromatic heterocycles. The first-order chi connectivity index (χ1) is 12.2. The molecule has 0 aliphatic rings. The lowest BCUT2D eigenvalue weighted by atomic mass is 10.2. The van der Waals surface area contributed by atoms with E-state index < -0.39 is 11.5 Å². The number of carbonyl (C=O) groups is 1. The molecule has 0 saturated carbocycles. The van der Waals surface area contributed by atoms with E-state index in [2.05, 4.69) is 10.3 Å². The second-order valence-electron chi connectivity index (χ2n) is 5.69. The van der Waals surface area contributed by atoms with Gasteiger partial charge >= 0.3 is 5.63 Å². The molecule has 4 rings (SSSR count). The highest BCUT2D eigenvalue weighted by Gasteiger charge is 2.13. The average Bonchev–Trinajstić information content (AvgIpc) is 3.03. The minimum Gasteiger partial charge on any atom is -0.422 e. The first-order valence-corrected chi connectivity index (χ1v) is 7.94. The van der Waals surface area contributed by atoms with Gasteiger partial charge in [-0.25, -0.2) is 9.78 Å². The molecule has 0 unspecified atom stereocenters. The Hall–Kier alpha value is -3.41. The van der Waals surface area contributed by atoms with Gasteiger partial charge in [-0.05, 0) is 24.3 Å². The molecule has 0 bridgehead atoms. The highest BCUT2D eigenvalue weighted by molar-refractivity contribution is 5.96. The number of amides is 1. The lowest BCUT2D eigenvalue weighted by Crippen LogP contribution is -2.29. The molecular weight excluding hydrogens is 318 g/mol. The summed E-state index contributed by atoms with van der Waals surface area (Å²) in [5, 5.41) is 3.46. The Morgan fingerprint density at radius 1 is 1.16 bits per heavy atom. The van der Waals surface area contributed by atoms with Crippen molar-refractivity contribution in [3.8, 4) is 0 Å². The number of hydrogen-bond acceptors (Lipinski definition) is 4. The monoisotopic (exact) mass is 333 g/mol. The van der Waals surface area contributed by atoms with E-state index in [0.717, 1.165) is 11.3 Å². The van der Waals surface area contributed by atoms with Crippen LogP contribution in [-0.2, 0) is 6.42 Å². The van der Waals surface area contributed by atoms with Gasteiger partial charge in [0.05, 0.1) is 5.69 Å². The SMILES string of the molecule is O=C(NCCc1cn2ccccc2n1)c1cc2ccccc2oc1=O. The first-order valence-electron chi connectivity index (χ1n) is 7.94. The van der Waals surface area contributed by atoms with Crippen molar-refractivity contribution in [3.05, 3.63) is 82.6 Å². The van der Waals surface area contributed by atoms with Gasteiger partial charge in [0.2, 0.25) is 0 Å². The Morgan fingerprint density at radius 2 is 2.00 bits per heavy atom. The third-order valence-electron chi connectivity index (χ3n) is 3.97. The van der Waals surface area contributed by atoms with Crippen LogP contribution in [-0.4, -0.2) is 21.8 Å². The molecule has 0 aliphatic carbocycles. The van der Waals surface area contributed by atoms with Gasteiger partial charge in [-0.2, -0.15) is 0 Å². The van der Waals surface area contributed by atoms with Crippen LogP contribution in [0.25, 0.3) is 16.6 Å². The molecule has 6 heteroatoms. The average molecular weight is 333 g/mol. The molecule has 0 spiro atoms. The van der Waals surface area contributed by atoms with E-state index in [4.69, 9.17) is 4.42 Å². The zero-order valence-electron chi connectivity index (χ0n) is 13.3. The standard InChI is InChI=1S/C19H15N3O3/c23-18(15-11-13-5-1-2-6-16(13)25-19(15)24)20-9-8-14-12-22-10-4-3-7-17(22)21-14/h1-7,10-12H,8-9H2,(H,20,23). The summed E-state index contributed by atoms with van der Waals surface area (Å²) >= 11 is 0. The zero-order valence-corrected chi connectivity index (χ0v) is 13.3. The molecule has 0 aliphatic heterocycles. The second-order valence-corrected chi connectivity index (χ2v) is 5.69. The number of aromatic nitrogens is 2. The van der Waals surface area contributed by atoms with Crippen LogP contribution in [0.1, 0.15) is 16.1 Å². The third kappa shape index (κ3) is 3.01. The third-order valence-corrected chi connectivity index (χ3v) is 3.97. The molecule has 0 atom stereocenters. The topological polar surface area (TPSA) is 76.6 Å². The van der Waals surface area contributed by atoms with Crippen LogP contribution in [0.4, 0.5) is 0 Å². The Balaban J connectivity index is 1.47. The van der Waals surface area contributed by atoms with Crippen molar-refractivity contribution in [1.29, 1.82) is 0 Å². The maximum Gasteiger partial charge on any atom is 0.349 e. The molecule has 1 N–H and O–H groups in total. The summed E-state index contributed by atoms with van der Waals surface area (Å²) < 4.78 is 7.11. The Kier molecular flexibility index (Phi) is 3.78. The van der Waals surface area contributed by atoms with Gasteiger partial charge < -0.3 is 14.1 Å². The van der Waals surface area contributed by atoms with E-state index in [1.165, 1.54) is 0 Å². The maximum atomic E-state index is 12.3. The lowest BCUT2D eigenvalue weighted by Gasteiger charge is -2.04. The molecule has 0 saturated heterocycles. The van der Waals surface area contributed by atoms with E-state index >= 15 is 0 Å². The van der Waals surface area contributed by atoms with Gasteiger partial charge in [-0.15, -0.1) is 0 Å². The molecule has 6 nitrogen and oxygen atoms in total. The predicted molar refractivity (Wildman–Crippen MR) is 93.7 cm³/mol. The summed E-state index contributed by atoms with van der Waals surface area (Å²) in [6.07, 6.45) is 4.42. The number of para-hydroxylation sites is 1. The molecular formula is C19H15N3O3. The quantitative estimate of drug-likeness (QED) is 0.582. The molecule has 1 aromatic carbocycles. The van der Waals surface area contributed by atoms with Crippen molar-refractivity contribution in [2.45, 2.75) is 6.42 Å². The highest BCUT2D eigenvalue weighted by atomic mass is 16.4. The molecule has 25 heavy (non-hydrogen) atoms. The smallest absolute Gasteiger partial charge is 0.349 e. The highest BCUT2D eigenvalue weighted by Crippen LogP contribution is 2.12. The van der Waals surface area contributed by atoms with Crippen LogP contribution >= 0.6 is 0 Å². The summed E-state index contributed by atoms with van der Waals surface area (Å²) in [5.41, 5.74) is 1.57. The van der Waals surface area contributed by atoms with Crippen LogP contribution < -0.4 is 10.9 Å². The van der Waals surface area contributed by atoms with Crippen molar-refractivity contribution in [3.63, 3.8) is 0 Å². The summed E-state index contributed by atoms with van der Waals surface area (Å²) in [5.74, 6) is -0.441. The maximum absolute atomic E-state index is 12.3. The number of pyridine rings is 1. The molecule has 3 heterocycles. The normalized spacial score (nSPS) is 11.0. The lowest BCUT2D eigenvalue weighted by molar-refractivity contribution is 0.0950. The van der Waals surface area contributed by atoms with Crippen molar-refractivity contribution >= 4 is 22.5 Å². The summed E-state index contributed by atoms with van der Waals surface area (Å²) in [7, 11) is 0. The van der Waals surface area contributed by atoms with Gasteiger partial charge in [0, 0.05) is 30.7 Å². The van der Waals surface area contributed by atoms with Crippen LogP contribution in [0, 0.1) is 0 Å². The second kappa shape index (κ2) is 6.24. The largest absolute Gasteiger partial charge is 0.422 e. The molecule has 1 amide bonds. The summed E-state index contributed by atoms with van der Waals surface area (Å²) in [6, 6.07) is 14.4. The van der Waals surface area contributed by atoms with Crippen LogP contribution in [0.5, 0.6) is 0 Å². The van der Waals surface area contributed by atoms with Crippen molar-refractivity contribution in [1.82, 2.24) is 14.7 Å². The first kappa shape index (κ1) is 15.1. The van der Waals surface area contributed by atoms with Crippen molar-refractivity contribution in [2.24, 2.45) is 0 Å².